The van der Waals surface area contributed by atoms with Crippen LogP contribution in [0.4, 0.5) is 0 Å². The molecule has 1 N–H and O–H groups in total. The zero-order valence-corrected chi connectivity index (χ0v) is 12.0. The number of nitrogens with zero attached hydrogens (tertiary/aromatic N) is 1. The van der Waals surface area contributed by atoms with Crippen molar-refractivity contribution in [2.24, 2.45) is 5.92 Å². The Morgan fingerprint density at radius 1 is 1.35 bits per heavy atom. The van der Waals surface area contributed by atoms with Crippen LogP contribution in [0, 0.1) is 5.92 Å². The minimum absolute atomic E-state index is 0.366. The molecule has 0 aromatic rings. The van der Waals surface area contributed by atoms with Crippen molar-refractivity contribution in [3.63, 3.8) is 0 Å². The van der Waals surface area contributed by atoms with Gasteiger partial charge in [0.05, 0.1) is 12.7 Å². The van der Waals surface area contributed by atoms with Gasteiger partial charge in [0.15, 0.2) is 0 Å². The monoisotopic (exact) mass is 242 g/mol. The summed E-state index contributed by atoms with van der Waals surface area (Å²) in [4.78, 5) is 2.54. The van der Waals surface area contributed by atoms with Crippen LogP contribution in [0.3, 0.4) is 0 Å². The third-order valence-corrected chi connectivity index (χ3v) is 3.81. The predicted molar refractivity (Wildman–Crippen MR) is 73.4 cm³/mol. The van der Waals surface area contributed by atoms with Gasteiger partial charge < -0.3 is 10.1 Å². The first kappa shape index (κ1) is 14.9. The standard InChI is InChI=1S/C14H30N2O/c1-5-8-16-9-10-17-13(11-16)14(15-7-3)12(4)6-2/h12-15H,5-11H2,1-4H3. The summed E-state index contributed by atoms with van der Waals surface area (Å²) < 4.78 is 5.99. The summed E-state index contributed by atoms with van der Waals surface area (Å²) in [7, 11) is 0. The van der Waals surface area contributed by atoms with Crippen molar-refractivity contribution in [2.75, 3.05) is 32.8 Å². The summed E-state index contributed by atoms with van der Waals surface area (Å²) in [6.07, 6.45) is 2.82. The molecule has 1 heterocycles. The summed E-state index contributed by atoms with van der Waals surface area (Å²) in [6, 6.07) is 0.504. The van der Waals surface area contributed by atoms with Gasteiger partial charge in [0, 0.05) is 19.1 Å². The molecule has 0 saturated carbocycles. The molecule has 17 heavy (non-hydrogen) atoms. The Labute approximate surface area is 107 Å². The molecule has 0 spiro atoms. The van der Waals surface area contributed by atoms with E-state index in [0.29, 0.717) is 18.1 Å². The van der Waals surface area contributed by atoms with Crippen LogP contribution in [0.5, 0.6) is 0 Å². The summed E-state index contributed by atoms with van der Waals surface area (Å²) in [5.74, 6) is 0.682. The Hall–Kier alpha value is -0.120. The maximum Gasteiger partial charge on any atom is 0.0857 e. The molecule has 3 atom stereocenters. The van der Waals surface area contributed by atoms with Gasteiger partial charge in [-0.25, -0.2) is 0 Å². The van der Waals surface area contributed by atoms with Gasteiger partial charge in [-0.15, -0.1) is 0 Å². The molecule has 0 radical (unpaired) electrons. The van der Waals surface area contributed by atoms with E-state index in [1.54, 1.807) is 0 Å². The second-order valence-electron chi connectivity index (χ2n) is 5.18. The number of morpholine rings is 1. The van der Waals surface area contributed by atoms with Crippen molar-refractivity contribution in [1.29, 1.82) is 0 Å². The third kappa shape index (κ3) is 4.57. The van der Waals surface area contributed by atoms with Crippen molar-refractivity contribution >= 4 is 0 Å². The molecule has 0 aromatic carbocycles. The molecular formula is C14H30N2O. The van der Waals surface area contributed by atoms with E-state index < -0.39 is 0 Å². The number of ether oxygens (including phenoxy) is 1. The summed E-state index contributed by atoms with van der Waals surface area (Å²) in [5.41, 5.74) is 0. The van der Waals surface area contributed by atoms with E-state index in [1.165, 1.54) is 19.4 Å². The highest BCUT2D eigenvalue weighted by atomic mass is 16.5. The van der Waals surface area contributed by atoms with E-state index in [0.717, 1.165) is 26.2 Å². The van der Waals surface area contributed by atoms with Crippen molar-refractivity contribution in [2.45, 2.75) is 52.7 Å². The second-order valence-corrected chi connectivity index (χ2v) is 5.18. The SMILES string of the molecule is CCCN1CCOC(C(NCC)C(C)CC)C1. The molecule has 1 rings (SSSR count). The molecule has 1 aliphatic rings. The number of hydrogen-bond acceptors (Lipinski definition) is 3. The maximum atomic E-state index is 5.99. The number of likely N-dealkylation sites (N-methyl/N-ethyl adjacent to an activating group) is 1. The summed E-state index contributed by atoms with van der Waals surface area (Å²) in [5, 5.41) is 3.61. The van der Waals surface area contributed by atoms with Gasteiger partial charge in [-0.05, 0) is 25.4 Å². The van der Waals surface area contributed by atoms with Gasteiger partial charge in [-0.2, -0.15) is 0 Å². The van der Waals surface area contributed by atoms with Crippen LogP contribution in [0.15, 0.2) is 0 Å². The van der Waals surface area contributed by atoms with Crippen molar-refractivity contribution < 1.29 is 4.74 Å². The first-order valence-electron chi connectivity index (χ1n) is 7.30. The average molecular weight is 242 g/mol. The Morgan fingerprint density at radius 3 is 2.71 bits per heavy atom. The van der Waals surface area contributed by atoms with Crippen LogP contribution >= 0.6 is 0 Å². The van der Waals surface area contributed by atoms with Gasteiger partial charge in [0.2, 0.25) is 0 Å². The highest BCUT2D eigenvalue weighted by Crippen LogP contribution is 2.17. The van der Waals surface area contributed by atoms with Crippen molar-refractivity contribution in [3.8, 4) is 0 Å². The van der Waals surface area contributed by atoms with E-state index in [1.807, 2.05) is 0 Å². The first-order valence-corrected chi connectivity index (χ1v) is 7.30. The molecule has 0 bridgehead atoms. The first-order chi connectivity index (χ1) is 8.22. The van der Waals surface area contributed by atoms with E-state index >= 15 is 0 Å². The Morgan fingerprint density at radius 2 is 2.12 bits per heavy atom. The second kappa shape index (κ2) is 8.06. The number of nitrogens with one attached hydrogen (secondary N) is 1. The van der Waals surface area contributed by atoms with E-state index in [2.05, 4.69) is 37.9 Å². The lowest BCUT2D eigenvalue weighted by Gasteiger charge is -2.39. The van der Waals surface area contributed by atoms with E-state index in [-0.39, 0.29) is 0 Å². The molecule has 3 heteroatoms. The lowest BCUT2D eigenvalue weighted by Crippen LogP contribution is -2.54. The van der Waals surface area contributed by atoms with Gasteiger partial charge in [0.25, 0.3) is 0 Å². The zero-order valence-electron chi connectivity index (χ0n) is 12.0. The highest BCUT2D eigenvalue weighted by molar-refractivity contribution is 4.85. The highest BCUT2D eigenvalue weighted by Gasteiger charge is 2.30. The van der Waals surface area contributed by atoms with Gasteiger partial charge in [0.1, 0.15) is 0 Å². The Balaban J connectivity index is 2.53. The molecule has 0 aromatic heterocycles. The lowest BCUT2D eigenvalue weighted by molar-refractivity contribution is -0.0551. The van der Waals surface area contributed by atoms with Crippen molar-refractivity contribution in [3.05, 3.63) is 0 Å². The molecule has 102 valence electrons. The average Bonchev–Trinajstić information content (AvgIpc) is 2.36. The molecule has 3 nitrogen and oxygen atoms in total. The third-order valence-electron chi connectivity index (χ3n) is 3.81. The molecule has 1 saturated heterocycles. The molecule has 0 aliphatic carbocycles. The number of rotatable bonds is 7. The lowest BCUT2D eigenvalue weighted by atomic mass is 9.93. The zero-order chi connectivity index (χ0) is 12.7. The van der Waals surface area contributed by atoms with Crippen LogP contribution in [0.2, 0.25) is 0 Å². The van der Waals surface area contributed by atoms with Crippen LogP contribution in [-0.4, -0.2) is 49.8 Å². The van der Waals surface area contributed by atoms with Crippen molar-refractivity contribution in [1.82, 2.24) is 10.2 Å². The summed E-state index contributed by atoms with van der Waals surface area (Å²) in [6.45, 7) is 14.4. The topological polar surface area (TPSA) is 24.5 Å². The van der Waals surface area contributed by atoms with E-state index in [4.69, 9.17) is 4.74 Å². The van der Waals surface area contributed by atoms with Gasteiger partial charge in [-0.1, -0.05) is 34.1 Å². The largest absolute Gasteiger partial charge is 0.374 e. The molecule has 0 amide bonds. The van der Waals surface area contributed by atoms with Gasteiger partial charge in [-0.3, -0.25) is 4.90 Å². The quantitative estimate of drug-likeness (QED) is 0.740. The van der Waals surface area contributed by atoms with Crippen LogP contribution < -0.4 is 5.32 Å². The van der Waals surface area contributed by atoms with Crippen LogP contribution in [-0.2, 0) is 4.74 Å². The van der Waals surface area contributed by atoms with Gasteiger partial charge >= 0.3 is 0 Å². The molecule has 1 aliphatic heterocycles. The minimum Gasteiger partial charge on any atom is -0.374 e. The van der Waals surface area contributed by atoms with Crippen LogP contribution in [0.1, 0.15) is 40.5 Å². The predicted octanol–water partition coefficient (Wildman–Crippen LogP) is 2.12. The Kier molecular flexibility index (Phi) is 7.09. The fourth-order valence-corrected chi connectivity index (χ4v) is 2.66. The molecule has 3 unspecified atom stereocenters. The van der Waals surface area contributed by atoms with E-state index in [9.17, 15) is 0 Å². The smallest absolute Gasteiger partial charge is 0.0857 e. The summed E-state index contributed by atoms with van der Waals surface area (Å²) >= 11 is 0. The Bertz CT molecular complexity index is 197. The molecule has 1 fully saturated rings. The molecular weight excluding hydrogens is 212 g/mol. The normalized spacial score (nSPS) is 25.8. The fourth-order valence-electron chi connectivity index (χ4n) is 2.66. The fraction of sp³-hybridized carbons (Fsp3) is 1.00. The number of hydrogen-bond donors (Lipinski definition) is 1. The minimum atomic E-state index is 0.366. The maximum absolute atomic E-state index is 5.99. The van der Waals surface area contributed by atoms with Crippen LogP contribution in [0.25, 0.3) is 0 Å².